The van der Waals surface area contributed by atoms with Crippen LogP contribution in [0.2, 0.25) is 0 Å². The van der Waals surface area contributed by atoms with Crippen molar-refractivity contribution in [3.63, 3.8) is 0 Å². The Labute approximate surface area is 144 Å². The molecule has 24 heavy (non-hydrogen) atoms. The Kier molecular flexibility index (Phi) is 4.01. The summed E-state index contributed by atoms with van der Waals surface area (Å²) in [5.41, 5.74) is 1.53. The van der Waals surface area contributed by atoms with Gasteiger partial charge in [0.2, 0.25) is 0 Å². The van der Waals surface area contributed by atoms with Gasteiger partial charge in [-0.2, -0.15) is 0 Å². The highest BCUT2D eigenvalue weighted by Gasteiger charge is 2.50. The maximum atomic E-state index is 14.7. The van der Waals surface area contributed by atoms with Crippen molar-refractivity contribution in [2.75, 3.05) is 19.8 Å². The van der Waals surface area contributed by atoms with Gasteiger partial charge in [-0.25, -0.2) is 8.78 Å². The number of benzene rings is 2. The SMILES string of the molecule is Cc1ccc(S[C@]23CCOC[C@H]2COc2c(F)ccc(F)c23)cc1. The molecule has 4 rings (SSSR count). The van der Waals surface area contributed by atoms with E-state index in [2.05, 4.69) is 0 Å². The summed E-state index contributed by atoms with van der Waals surface area (Å²) in [7, 11) is 0. The van der Waals surface area contributed by atoms with Crippen molar-refractivity contribution in [2.24, 2.45) is 5.92 Å². The average Bonchev–Trinajstić information content (AvgIpc) is 2.59. The maximum absolute atomic E-state index is 14.7. The molecule has 2 aromatic carbocycles. The van der Waals surface area contributed by atoms with Crippen molar-refractivity contribution in [3.05, 3.63) is 59.2 Å². The number of halogens is 2. The molecule has 2 aliphatic rings. The lowest BCUT2D eigenvalue weighted by Crippen LogP contribution is -2.47. The molecule has 2 heterocycles. The molecule has 0 radical (unpaired) electrons. The molecule has 0 bridgehead atoms. The molecule has 1 saturated heterocycles. The Balaban J connectivity index is 1.85. The first-order valence-corrected chi connectivity index (χ1v) is 8.86. The highest BCUT2D eigenvalue weighted by atomic mass is 32.2. The number of fused-ring (bicyclic) bond motifs is 3. The topological polar surface area (TPSA) is 18.5 Å². The van der Waals surface area contributed by atoms with Gasteiger partial charge in [-0.1, -0.05) is 17.7 Å². The van der Waals surface area contributed by atoms with Gasteiger partial charge in [0.1, 0.15) is 5.82 Å². The molecule has 0 unspecified atom stereocenters. The van der Waals surface area contributed by atoms with E-state index in [4.69, 9.17) is 9.47 Å². The second-order valence-electron chi connectivity index (χ2n) is 6.37. The summed E-state index contributed by atoms with van der Waals surface area (Å²) in [5, 5.41) is 0. The molecular weight excluding hydrogens is 330 g/mol. The van der Waals surface area contributed by atoms with Gasteiger partial charge < -0.3 is 9.47 Å². The van der Waals surface area contributed by atoms with Crippen molar-refractivity contribution < 1.29 is 18.3 Å². The minimum atomic E-state index is -0.562. The molecule has 0 saturated carbocycles. The average molecular weight is 348 g/mol. The predicted octanol–water partition coefficient (Wildman–Crippen LogP) is 4.69. The van der Waals surface area contributed by atoms with Crippen molar-refractivity contribution in [1.29, 1.82) is 0 Å². The quantitative estimate of drug-likeness (QED) is 0.784. The van der Waals surface area contributed by atoms with Gasteiger partial charge in [0, 0.05) is 23.0 Å². The van der Waals surface area contributed by atoms with E-state index in [9.17, 15) is 8.78 Å². The van der Waals surface area contributed by atoms with Crippen LogP contribution in [0.5, 0.6) is 5.75 Å². The third-order valence-electron chi connectivity index (χ3n) is 4.83. The van der Waals surface area contributed by atoms with Crippen molar-refractivity contribution >= 4 is 11.8 Å². The van der Waals surface area contributed by atoms with Crippen molar-refractivity contribution in [3.8, 4) is 5.75 Å². The van der Waals surface area contributed by atoms with Crippen LogP contribution in [0.25, 0.3) is 0 Å². The van der Waals surface area contributed by atoms with Gasteiger partial charge in [0.05, 0.1) is 18.0 Å². The molecule has 2 nitrogen and oxygen atoms in total. The minimum absolute atomic E-state index is 0.0126. The lowest BCUT2D eigenvalue weighted by molar-refractivity contribution is -0.00327. The molecule has 0 amide bonds. The van der Waals surface area contributed by atoms with Gasteiger partial charge >= 0.3 is 0 Å². The van der Waals surface area contributed by atoms with Gasteiger partial charge in [0.15, 0.2) is 11.6 Å². The van der Waals surface area contributed by atoms with Crippen LogP contribution < -0.4 is 4.74 Å². The summed E-state index contributed by atoms with van der Waals surface area (Å²) in [6.45, 7) is 3.40. The third kappa shape index (κ3) is 2.50. The van der Waals surface area contributed by atoms with E-state index < -0.39 is 16.4 Å². The van der Waals surface area contributed by atoms with E-state index >= 15 is 0 Å². The first-order chi connectivity index (χ1) is 11.6. The Morgan fingerprint density at radius 1 is 1.04 bits per heavy atom. The molecule has 0 aromatic heterocycles. The maximum Gasteiger partial charge on any atom is 0.165 e. The largest absolute Gasteiger partial charge is 0.490 e. The van der Waals surface area contributed by atoms with Gasteiger partial charge in [-0.05, 0) is 37.6 Å². The molecular formula is C19H18F2O2S. The van der Waals surface area contributed by atoms with Crippen LogP contribution in [0, 0.1) is 24.5 Å². The number of thioether (sulfide) groups is 1. The highest BCUT2D eigenvalue weighted by molar-refractivity contribution is 8.00. The lowest BCUT2D eigenvalue weighted by Gasteiger charge is -2.47. The first kappa shape index (κ1) is 15.9. The van der Waals surface area contributed by atoms with Crippen LogP contribution in [0.3, 0.4) is 0 Å². The molecule has 2 aliphatic heterocycles. The monoisotopic (exact) mass is 348 g/mol. The zero-order chi connectivity index (χ0) is 16.7. The third-order valence-corrected chi connectivity index (χ3v) is 6.44. The lowest BCUT2D eigenvalue weighted by atomic mass is 9.79. The first-order valence-electron chi connectivity index (χ1n) is 8.05. The molecule has 2 aromatic rings. The molecule has 0 spiro atoms. The van der Waals surface area contributed by atoms with Gasteiger partial charge in [0.25, 0.3) is 0 Å². The number of hydrogen-bond donors (Lipinski definition) is 0. The highest BCUT2D eigenvalue weighted by Crippen LogP contribution is 2.57. The van der Waals surface area contributed by atoms with Crippen LogP contribution in [0.15, 0.2) is 41.3 Å². The summed E-state index contributed by atoms with van der Waals surface area (Å²) < 4.78 is 39.6. The van der Waals surface area contributed by atoms with Crippen LogP contribution >= 0.6 is 11.8 Å². The Morgan fingerprint density at radius 3 is 2.58 bits per heavy atom. The second kappa shape index (κ2) is 6.05. The second-order valence-corrected chi connectivity index (χ2v) is 7.77. The number of hydrogen-bond acceptors (Lipinski definition) is 3. The molecule has 126 valence electrons. The molecule has 0 N–H and O–H groups in total. The molecule has 5 heteroatoms. The summed E-state index contributed by atoms with van der Waals surface area (Å²) in [6, 6.07) is 10.5. The fraction of sp³-hybridized carbons (Fsp3) is 0.368. The summed E-state index contributed by atoms with van der Waals surface area (Å²) in [6.07, 6.45) is 0.632. The summed E-state index contributed by atoms with van der Waals surface area (Å²) in [4.78, 5) is 1.05. The molecule has 1 fully saturated rings. The van der Waals surface area contributed by atoms with E-state index in [1.807, 2.05) is 31.2 Å². The smallest absolute Gasteiger partial charge is 0.165 e. The standard InChI is InChI=1S/C19H18F2O2S/c1-12-2-4-14(5-3-12)24-19-8-9-22-10-13(19)11-23-18-16(21)7-6-15(20)17(18)19/h2-7,13H,8-11H2,1H3/t13-,19+/m0/s1. The zero-order valence-electron chi connectivity index (χ0n) is 13.4. The molecule has 0 aliphatic carbocycles. The van der Waals surface area contributed by atoms with Gasteiger partial charge in [-0.3, -0.25) is 0 Å². The number of aryl methyl sites for hydroxylation is 1. The normalized spacial score (nSPS) is 25.5. The Hall–Kier alpha value is -1.59. The minimum Gasteiger partial charge on any atom is -0.490 e. The van der Waals surface area contributed by atoms with E-state index in [-0.39, 0.29) is 11.7 Å². The van der Waals surface area contributed by atoms with Crippen LogP contribution in [0.4, 0.5) is 8.78 Å². The van der Waals surface area contributed by atoms with Crippen molar-refractivity contribution in [1.82, 2.24) is 0 Å². The van der Waals surface area contributed by atoms with Gasteiger partial charge in [-0.15, -0.1) is 11.8 Å². The van der Waals surface area contributed by atoms with Crippen LogP contribution in [-0.2, 0) is 9.48 Å². The number of rotatable bonds is 2. The summed E-state index contributed by atoms with van der Waals surface area (Å²) >= 11 is 1.60. The fourth-order valence-corrected chi connectivity index (χ4v) is 5.03. The van der Waals surface area contributed by atoms with Crippen molar-refractivity contribution in [2.45, 2.75) is 23.0 Å². The zero-order valence-corrected chi connectivity index (χ0v) is 14.2. The Bertz CT molecular complexity index is 763. The van der Waals surface area contributed by atoms with Crippen LogP contribution in [-0.4, -0.2) is 19.8 Å². The number of ether oxygens (including phenoxy) is 2. The van der Waals surface area contributed by atoms with E-state index in [0.29, 0.717) is 31.8 Å². The van der Waals surface area contributed by atoms with E-state index in [0.717, 1.165) is 11.0 Å². The predicted molar refractivity (Wildman–Crippen MR) is 89.5 cm³/mol. The van der Waals surface area contributed by atoms with E-state index in [1.165, 1.54) is 11.6 Å². The molecule has 2 atom stereocenters. The van der Waals surface area contributed by atoms with E-state index in [1.54, 1.807) is 11.8 Å². The fourth-order valence-electron chi connectivity index (χ4n) is 3.55. The Morgan fingerprint density at radius 2 is 1.79 bits per heavy atom. The summed E-state index contributed by atoms with van der Waals surface area (Å²) in [5.74, 6) is -0.855. The van der Waals surface area contributed by atoms with Crippen LogP contribution in [0.1, 0.15) is 17.5 Å².